The normalized spacial score (nSPS) is 15.4. The number of hydrogen-bond donors (Lipinski definition) is 2. The first kappa shape index (κ1) is 25.6. The first-order chi connectivity index (χ1) is 16.2. The number of amides is 3. The molecule has 0 spiro atoms. The van der Waals surface area contributed by atoms with Crippen LogP contribution in [-0.4, -0.2) is 45.5 Å². The van der Waals surface area contributed by atoms with Crippen LogP contribution in [0.4, 0.5) is 15.8 Å². The Labute approximate surface area is 201 Å². The summed E-state index contributed by atoms with van der Waals surface area (Å²) >= 11 is 0. The van der Waals surface area contributed by atoms with Gasteiger partial charge in [-0.2, -0.15) is 0 Å². The van der Waals surface area contributed by atoms with Crippen molar-refractivity contribution in [2.75, 3.05) is 21.7 Å². The van der Waals surface area contributed by atoms with Gasteiger partial charge in [0.15, 0.2) is 0 Å². The predicted octanol–water partition coefficient (Wildman–Crippen LogP) is 3.30. The summed E-state index contributed by atoms with van der Waals surface area (Å²) < 4.78 is 26.1. The fraction of sp³-hybridized carbons (Fsp3) is 0.400. The zero-order valence-electron chi connectivity index (χ0n) is 19.4. The summed E-state index contributed by atoms with van der Waals surface area (Å²) in [7, 11) is -1.80. The van der Waals surface area contributed by atoms with Crippen molar-refractivity contribution in [1.82, 2.24) is 5.32 Å². The maximum absolute atomic E-state index is 13.5. The number of carbonyl (C=O) groups is 3. The zero-order chi connectivity index (χ0) is 24.7. The largest absolute Gasteiger partial charge is 0.352 e. The molecular formula is C25H30FN3O4S. The topological polar surface area (TPSA) is 95.6 Å². The van der Waals surface area contributed by atoms with Crippen molar-refractivity contribution < 1.29 is 23.0 Å². The predicted molar refractivity (Wildman–Crippen MR) is 131 cm³/mol. The molecule has 9 heteroatoms. The SMILES string of the molecule is Cc1ccc(NC(=O)C[S@@](=O)CC(=O)N(c2ccc(F)cc2)[C@H](C)C(=O)NC2CCCC2)cc1. The molecule has 0 aromatic heterocycles. The third-order valence-electron chi connectivity index (χ3n) is 5.75. The summed E-state index contributed by atoms with van der Waals surface area (Å²) in [4.78, 5) is 39.5. The molecule has 1 fully saturated rings. The standard InChI is InChI=1S/C25H30FN3O4S/c1-17-7-11-21(12-8-17)27-23(30)15-34(33)16-24(31)29(22-13-9-19(26)10-14-22)18(2)25(32)28-20-5-3-4-6-20/h7-14,18,20H,3-6,15-16H2,1-2H3,(H,27,30)(H,28,32)/t18-,34-/m1/s1. The van der Waals surface area contributed by atoms with Crippen LogP contribution in [0.3, 0.4) is 0 Å². The molecule has 34 heavy (non-hydrogen) atoms. The molecule has 3 rings (SSSR count). The highest BCUT2D eigenvalue weighted by Gasteiger charge is 2.30. The molecule has 0 aliphatic heterocycles. The van der Waals surface area contributed by atoms with E-state index >= 15 is 0 Å². The van der Waals surface area contributed by atoms with Crippen molar-refractivity contribution >= 4 is 39.9 Å². The van der Waals surface area contributed by atoms with Crippen LogP contribution in [0.15, 0.2) is 48.5 Å². The average Bonchev–Trinajstić information content (AvgIpc) is 3.29. The van der Waals surface area contributed by atoms with Gasteiger partial charge in [-0.15, -0.1) is 0 Å². The number of nitrogens with one attached hydrogen (secondary N) is 2. The lowest BCUT2D eigenvalue weighted by atomic mass is 10.1. The second-order valence-corrected chi connectivity index (χ2v) is 10.0. The fourth-order valence-electron chi connectivity index (χ4n) is 3.93. The van der Waals surface area contributed by atoms with E-state index in [0.29, 0.717) is 11.4 Å². The van der Waals surface area contributed by atoms with Gasteiger partial charge in [0.2, 0.25) is 17.7 Å². The zero-order valence-corrected chi connectivity index (χ0v) is 20.2. The van der Waals surface area contributed by atoms with E-state index in [4.69, 9.17) is 0 Å². The number of anilines is 2. The number of rotatable bonds is 9. The molecule has 1 saturated carbocycles. The van der Waals surface area contributed by atoms with E-state index in [0.717, 1.165) is 31.2 Å². The molecule has 2 aromatic rings. The van der Waals surface area contributed by atoms with Crippen molar-refractivity contribution in [2.24, 2.45) is 0 Å². The average molecular weight is 488 g/mol. The van der Waals surface area contributed by atoms with Crippen molar-refractivity contribution in [2.45, 2.75) is 51.6 Å². The van der Waals surface area contributed by atoms with Gasteiger partial charge in [0.1, 0.15) is 23.4 Å². The van der Waals surface area contributed by atoms with Gasteiger partial charge in [-0.1, -0.05) is 30.5 Å². The van der Waals surface area contributed by atoms with Gasteiger partial charge in [-0.3, -0.25) is 23.5 Å². The fourth-order valence-corrected chi connectivity index (χ4v) is 4.81. The van der Waals surface area contributed by atoms with E-state index in [-0.39, 0.29) is 17.7 Å². The Morgan fingerprint density at radius 3 is 2.26 bits per heavy atom. The van der Waals surface area contributed by atoms with Crippen molar-refractivity contribution in [3.05, 3.63) is 59.9 Å². The summed E-state index contributed by atoms with van der Waals surface area (Å²) in [6.07, 6.45) is 3.87. The van der Waals surface area contributed by atoms with E-state index in [1.807, 2.05) is 19.1 Å². The van der Waals surface area contributed by atoms with Gasteiger partial charge < -0.3 is 10.6 Å². The first-order valence-electron chi connectivity index (χ1n) is 11.3. The van der Waals surface area contributed by atoms with Crippen LogP contribution in [0.1, 0.15) is 38.2 Å². The van der Waals surface area contributed by atoms with Crippen LogP contribution >= 0.6 is 0 Å². The molecule has 0 unspecified atom stereocenters. The minimum Gasteiger partial charge on any atom is -0.352 e. The summed E-state index contributed by atoms with van der Waals surface area (Å²) in [5.74, 6) is -2.67. The third-order valence-corrected chi connectivity index (χ3v) is 6.91. The lowest BCUT2D eigenvalue weighted by molar-refractivity contribution is -0.125. The maximum Gasteiger partial charge on any atom is 0.243 e. The highest BCUT2D eigenvalue weighted by atomic mass is 32.2. The molecule has 7 nitrogen and oxygen atoms in total. The number of halogens is 1. The molecule has 0 radical (unpaired) electrons. The quantitative estimate of drug-likeness (QED) is 0.567. The van der Waals surface area contributed by atoms with E-state index in [1.165, 1.54) is 29.2 Å². The van der Waals surface area contributed by atoms with Crippen LogP contribution in [0.5, 0.6) is 0 Å². The van der Waals surface area contributed by atoms with E-state index in [2.05, 4.69) is 10.6 Å². The van der Waals surface area contributed by atoms with E-state index < -0.39 is 40.2 Å². The number of carbonyl (C=O) groups excluding carboxylic acids is 3. The first-order valence-corrected chi connectivity index (χ1v) is 12.8. The third kappa shape index (κ3) is 7.21. The number of nitrogens with zero attached hydrogens (tertiary/aromatic N) is 1. The summed E-state index contributed by atoms with van der Waals surface area (Å²) in [5.41, 5.74) is 1.93. The highest BCUT2D eigenvalue weighted by molar-refractivity contribution is 7.86. The lowest BCUT2D eigenvalue weighted by Gasteiger charge is -2.29. The Morgan fingerprint density at radius 2 is 1.65 bits per heavy atom. The van der Waals surface area contributed by atoms with Gasteiger partial charge >= 0.3 is 0 Å². The van der Waals surface area contributed by atoms with Crippen LogP contribution in [0, 0.1) is 12.7 Å². The van der Waals surface area contributed by atoms with Crippen molar-refractivity contribution in [3.63, 3.8) is 0 Å². The number of hydrogen-bond acceptors (Lipinski definition) is 4. The van der Waals surface area contributed by atoms with Crippen LogP contribution in [0.25, 0.3) is 0 Å². The molecule has 1 aliphatic carbocycles. The lowest BCUT2D eigenvalue weighted by Crippen LogP contribution is -2.51. The second kappa shape index (κ2) is 11.9. The van der Waals surface area contributed by atoms with Gasteiger partial charge in [-0.25, -0.2) is 4.39 Å². The molecule has 182 valence electrons. The minimum atomic E-state index is -1.80. The monoisotopic (exact) mass is 487 g/mol. The summed E-state index contributed by atoms with van der Waals surface area (Å²) in [6.45, 7) is 3.51. The molecule has 0 heterocycles. The Balaban J connectivity index is 1.66. The molecular weight excluding hydrogens is 457 g/mol. The summed E-state index contributed by atoms with van der Waals surface area (Å²) in [6, 6.07) is 11.5. The van der Waals surface area contributed by atoms with Gasteiger partial charge in [-0.05, 0) is 63.1 Å². The molecule has 1 aliphatic rings. The van der Waals surface area contributed by atoms with Gasteiger partial charge in [0.05, 0.1) is 0 Å². The smallest absolute Gasteiger partial charge is 0.243 e. The van der Waals surface area contributed by atoms with E-state index in [1.54, 1.807) is 19.1 Å². The molecule has 3 amide bonds. The van der Waals surface area contributed by atoms with Crippen molar-refractivity contribution in [1.29, 1.82) is 0 Å². The highest BCUT2D eigenvalue weighted by Crippen LogP contribution is 2.21. The van der Waals surface area contributed by atoms with Gasteiger partial charge in [0, 0.05) is 28.2 Å². The Hall–Kier alpha value is -3.07. The number of aryl methyl sites for hydroxylation is 1. The van der Waals surface area contributed by atoms with Crippen LogP contribution < -0.4 is 15.5 Å². The second-order valence-electron chi connectivity index (χ2n) is 8.55. The van der Waals surface area contributed by atoms with Gasteiger partial charge in [0.25, 0.3) is 0 Å². The van der Waals surface area contributed by atoms with Crippen LogP contribution in [0.2, 0.25) is 0 Å². The summed E-state index contributed by atoms with van der Waals surface area (Å²) in [5, 5.41) is 5.62. The Bertz CT molecular complexity index is 1040. The van der Waals surface area contributed by atoms with Crippen molar-refractivity contribution in [3.8, 4) is 0 Å². The maximum atomic E-state index is 13.5. The minimum absolute atomic E-state index is 0.0692. The molecule has 0 bridgehead atoms. The molecule has 2 atom stereocenters. The van der Waals surface area contributed by atoms with E-state index in [9.17, 15) is 23.0 Å². The molecule has 2 aromatic carbocycles. The number of benzene rings is 2. The Morgan fingerprint density at radius 1 is 1.03 bits per heavy atom. The molecule has 2 N–H and O–H groups in total. The van der Waals surface area contributed by atoms with Crippen LogP contribution in [-0.2, 0) is 25.2 Å². The Kier molecular flexibility index (Phi) is 8.92. The molecule has 0 saturated heterocycles.